The Labute approximate surface area is 192 Å². The molecule has 1 fully saturated rings. The van der Waals surface area contributed by atoms with Gasteiger partial charge >= 0.3 is 5.97 Å². The Morgan fingerprint density at radius 3 is 2.24 bits per heavy atom. The van der Waals surface area contributed by atoms with Gasteiger partial charge in [0.05, 0.1) is 10.9 Å². The molecule has 12 heteroatoms. The minimum Gasteiger partial charge on any atom is -0.480 e. The predicted molar refractivity (Wildman–Crippen MR) is 118 cm³/mol. The number of hydrogen-bond acceptors (Lipinski definition) is 6. The Hall–Kier alpha value is -2.99. The minimum absolute atomic E-state index is 0.0625. The number of carbonyl (C=O) groups excluding carboxylic acids is 3. The van der Waals surface area contributed by atoms with Crippen LogP contribution >= 0.6 is 0 Å². The van der Waals surface area contributed by atoms with Gasteiger partial charge in [0, 0.05) is 25.4 Å². The molecule has 11 nitrogen and oxygen atoms in total. The minimum atomic E-state index is -3.87. The summed E-state index contributed by atoms with van der Waals surface area (Å²) in [6, 6.07) is 4.05. The maximum atomic E-state index is 12.7. The van der Waals surface area contributed by atoms with E-state index in [9.17, 15) is 32.7 Å². The molecule has 5 N–H and O–H groups in total. The lowest BCUT2D eigenvalue weighted by Gasteiger charge is -2.33. The lowest BCUT2D eigenvalue weighted by atomic mass is 9.95. The first-order chi connectivity index (χ1) is 15.4. The number of carboxylic acids is 1. The largest absolute Gasteiger partial charge is 0.480 e. The summed E-state index contributed by atoms with van der Waals surface area (Å²) in [5.74, 6) is -3.29. The molecule has 1 aliphatic rings. The second kappa shape index (κ2) is 11.2. The first-order valence-electron chi connectivity index (χ1n) is 10.6. The lowest BCUT2D eigenvalue weighted by molar-refractivity contribution is -0.143. The van der Waals surface area contributed by atoms with E-state index in [1.807, 2.05) is 6.92 Å². The van der Waals surface area contributed by atoms with Gasteiger partial charge in [-0.15, -0.1) is 0 Å². The number of likely N-dealkylation sites (tertiary alicyclic amines) is 1. The summed E-state index contributed by atoms with van der Waals surface area (Å²) in [7, 11) is -3.87. The van der Waals surface area contributed by atoms with Crippen LogP contribution in [-0.4, -0.2) is 67.3 Å². The first kappa shape index (κ1) is 26.3. The molecule has 1 heterocycles. The molecule has 33 heavy (non-hydrogen) atoms. The molecule has 1 aromatic carbocycles. The smallest absolute Gasteiger partial charge is 0.326 e. The average molecular weight is 483 g/mol. The average Bonchev–Trinajstić information content (AvgIpc) is 2.75. The number of aryl methyl sites for hydroxylation is 1. The van der Waals surface area contributed by atoms with Crippen molar-refractivity contribution in [2.75, 3.05) is 13.1 Å². The molecule has 2 rings (SSSR count). The van der Waals surface area contributed by atoms with E-state index in [1.54, 1.807) is 12.1 Å². The normalized spacial score (nSPS) is 16.6. The van der Waals surface area contributed by atoms with Gasteiger partial charge in [0.15, 0.2) is 0 Å². The molecule has 1 saturated heterocycles. The zero-order valence-electron chi connectivity index (χ0n) is 18.6. The second-order valence-corrected chi connectivity index (χ2v) is 9.87. The molecule has 3 amide bonds. The summed E-state index contributed by atoms with van der Waals surface area (Å²) in [6.07, 6.45) is 0.335. The van der Waals surface area contributed by atoms with Crippen LogP contribution in [-0.2, 0) is 29.2 Å². The number of sulfonamides is 1. The molecule has 2 unspecified atom stereocenters. The highest BCUT2D eigenvalue weighted by atomic mass is 32.2. The van der Waals surface area contributed by atoms with E-state index >= 15 is 0 Å². The highest BCUT2D eigenvalue weighted by Gasteiger charge is 2.32. The number of nitrogens with zero attached hydrogens (tertiary/aromatic N) is 1. The molecule has 0 saturated carbocycles. The van der Waals surface area contributed by atoms with E-state index in [0.29, 0.717) is 12.8 Å². The zero-order valence-corrected chi connectivity index (χ0v) is 19.4. The number of nitrogens with two attached hydrogens (primary N) is 1. The van der Waals surface area contributed by atoms with E-state index in [0.717, 1.165) is 5.56 Å². The molecule has 0 spiro atoms. The number of amides is 3. The van der Waals surface area contributed by atoms with E-state index in [4.69, 9.17) is 5.73 Å². The van der Waals surface area contributed by atoms with Crippen LogP contribution in [0.3, 0.4) is 0 Å². The van der Waals surface area contributed by atoms with Crippen molar-refractivity contribution in [2.45, 2.75) is 56.5 Å². The SMILES string of the molecule is Cc1ccc(S(=O)(=O)NC(C)C(=O)N2CCC(C(=O)NC(CCC(N)=O)C(=O)O)CC2)cc1. The van der Waals surface area contributed by atoms with Crippen molar-refractivity contribution in [3.05, 3.63) is 29.8 Å². The van der Waals surface area contributed by atoms with Crippen molar-refractivity contribution in [2.24, 2.45) is 11.7 Å². The Morgan fingerprint density at radius 2 is 1.73 bits per heavy atom. The van der Waals surface area contributed by atoms with Crippen LogP contribution in [0.4, 0.5) is 0 Å². The number of piperidine rings is 1. The summed E-state index contributed by atoms with van der Waals surface area (Å²) in [6.45, 7) is 3.75. The number of hydrogen-bond donors (Lipinski definition) is 4. The van der Waals surface area contributed by atoms with Gasteiger partial charge in [-0.2, -0.15) is 4.72 Å². The Balaban J connectivity index is 1.89. The fraction of sp³-hybridized carbons (Fsp3) is 0.524. The van der Waals surface area contributed by atoms with Crippen molar-refractivity contribution < 1.29 is 32.7 Å². The van der Waals surface area contributed by atoms with E-state index < -0.39 is 51.7 Å². The van der Waals surface area contributed by atoms with Gasteiger partial charge in [-0.05, 0) is 45.2 Å². The number of rotatable bonds is 10. The Kier molecular flexibility index (Phi) is 8.94. The lowest BCUT2D eigenvalue weighted by Crippen LogP contribution is -2.51. The molecule has 0 bridgehead atoms. The highest BCUT2D eigenvalue weighted by molar-refractivity contribution is 7.89. The summed E-state index contributed by atoms with van der Waals surface area (Å²) >= 11 is 0. The maximum Gasteiger partial charge on any atom is 0.326 e. The molecule has 182 valence electrons. The molecular weight excluding hydrogens is 452 g/mol. The molecule has 0 aliphatic carbocycles. The van der Waals surface area contributed by atoms with Crippen LogP contribution < -0.4 is 15.8 Å². The van der Waals surface area contributed by atoms with Crippen LogP contribution in [0.25, 0.3) is 0 Å². The van der Waals surface area contributed by atoms with Gasteiger partial charge in [-0.25, -0.2) is 13.2 Å². The Morgan fingerprint density at radius 1 is 1.15 bits per heavy atom. The van der Waals surface area contributed by atoms with Gasteiger partial charge in [-0.1, -0.05) is 17.7 Å². The standard InChI is InChI=1S/C21H30N4O7S/c1-13-3-5-16(6-4-13)33(31,32)24-14(2)20(28)25-11-9-15(10-12-25)19(27)23-17(21(29)30)7-8-18(22)26/h3-6,14-15,17,24H,7-12H2,1-2H3,(H2,22,26)(H,23,27)(H,29,30). The highest BCUT2D eigenvalue weighted by Crippen LogP contribution is 2.19. The maximum absolute atomic E-state index is 12.7. The van der Waals surface area contributed by atoms with Crippen molar-refractivity contribution in [1.82, 2.24) is 14.9 Å². The number of benzene rings is 1. The van der Waals surface area contributed by atoms with Gasteiger partial charge in [0.2, 0.25) is 27.7 Å². The number of nitrogens with one attached hydrogen (secondary N) is 2. The van der Waals surface area contributed by atoms with Crippen LogP contribution in [0.1, 0.15) is 38.2 Å². The van der Waals surface area contributed by atoms with Crippen LogP contribution in [0.15, 0.2) is 29.2 Å². The summed E-state index contributed by atoms with van der Waals surface area (Å²) in [4.78, 5) is 48.9. The third-order valence-electron chi connectivity index (χ3n) is 5.51. The molecular formula is C21H30N4O7S. The fourth-order valence-corrected chi connectivity index (χ4v) is 4.73. The van der Waals surface area contributed by atoms with Crippen molar-refractivity contribution in [3.8, 4) is 0 Å². The van der Waals surface area contributed by atoms with E-state index in [1.165, 1.54) is 24.0 Å². The van der Waals surface area contributed by atoms with Gasteiger partial charge in [0.25, 0.3) is 0 Å². The van der Waals surface area contributed by atoms with Gasteiger partial charge in [0.1, 0.15) is 6.04 Å². The van der Waals surface area contributed by atoms with E-state index in [2.05, 4.69) is 10.0 Å². The van der Waals surface area contributed by atoms with Gasteiger partial charge in [-0.3, -0.25) is 14.4 Å². The monoisotopic (exact) mass is 482 g/mol. The van der Waals surface area contributed by atoms with Crippen LogP contribution in [0.5, 0.6) is 0 Å². The van der Waals surface area contributed by atoms with E-state index in [-0.39, 0.29) is 30.8 Å². The molecule has 0 radical (unpaired) electrons. The summed E-state index contributed by atoms with van der Waals surface area (Å²) in [5, 5.41) is 11.6. The molecule has 1 aromatic rings. The van der Waals surface area contributed by atoms with Crippen molar-refractivity contribution >= 4 is 33.7 Å². The number of aliphatic carboxylic acids is 1. The van der Waals surface area contributed by atoms with Crippen LogP contribution in [0, 0.1) is 12.8 Å². The number of carbonyl (C=O) groups is 4. The second-order valence-electron chi connectivity index (χ2n) is 8.16. The zero-order chi connectivity index (χ0) is 24.8. The topological polar surface area (TPSA) is 176 Å². The first-order valence-corrected chi connectivity index (χ1v) is 12.1. The van der Waals surface area contributed by atoms with Crippen LogP contribution in [0.2, 0.25) is 0 Å². The van der Waals surface area contributed by atoms with Crippen molar-refractivity contribution in [1.29, 1.82) is 0 Å². The predicted octanol–water partition coefficient (Wildman–Crippen LogP) is -0.265. The third kappa shape index (κ3) is 7.53. The third-order valence-corrected chi connectivity index (χ3v) is 7.06. The quantitative estimate of drug-likeness (QED) is 0.355. The fourth-order valence-electron chi connectivity index (χ4n) is 3.54. The molecule has 0 aromatic heterocycles. The summed E-state index contributed by atoms with van der Waals surface area (Å²) in [5.41, 5.74) is 5.94. The van der Waals surface area contributed by atoms with Gasteiger partial charge < -0.3 is 21.1 Å². The number of carboxylic acid groups (broad SMARTS) is 1. The molecule has 2 atom stereocenters. The Bertz CT molecular complexity index is 986. The summed E-state index contributed by atoms with van der Waals surface area (Å²) < 4.78 is 27.4. The van der Waals surface area contributed by atoms with Crippen molar-refractivity contribution in [3.63, 3.8) is 0 Å². The number of primary amides is 1. The molecule has 1 aliphatic heterocycles.